The first kappa shape index (κ1) is 28.6. The van der Waals surface area contributed by atoms with Crippen LogP contribution in [-0.4, -0.2) is 66.7 Å². The van der Waals surface area contributed by atoms with E-state index in [-0.39, 0.29) is 64.8 Å². The molecule has 3 atom stereocenters. The normalized spacial score (nSPS) is 17.2. The van der Waals surface area contributed by atoms with Crippen LogP contribution in [0.4, 0.5) is 0 Å². The Hall–Kier alpha value is -4.44. The van der Waals surface area contributed by atoms with E-state index in [9.17, 15) is 30.0 Å². The number of benzene rings is 3. The van der Waals surface area contributed by atoms with Gasteiger partial charge in [0.15, 0.2) is 40.3 Å². The van der Waals surface area contributed by atoms with Gasteiger partial charge in [-0.1, -0.05) is 12.1 Å². The minimum atomic E-state index is -1.15. The lowest BCUT2D eigenvalue weighted by atomic mass is 9.83. The molecule has 1 saturated heterocycles. The maximum Gasteiger partial charge on any atom is 0.309 e. The van der Waals surface area contributed by atoms with Gasteiger partial charge in [0.25, 0.3) is 0 Å². The van der Waals surface area contributed by atoms with Crippen LogP contribution in [0, 0.1) is 11.8 Å². The number of phenolic OH excluding ortho intramolecular Hbond substituents is 3. The highest BCUT2D eigenvalue weighted by Gasteiger charge is 2.37. The fourth-order valence-corrected chi connectivity index (χ4v) is 5.04. The van der Waals surface area contributed by atoms with Crippen molar-refractivity contribution in [3.05, 3.63) is 70.8 Å². The lowest BCUT2D eigenvalue weighted by Crippen LogP contribution is -2.21. The summed E-state index contributed by atoms with van der Waals surface area (Å²) in [6.07, 6.45) is 0.733. The van der Waals surface area contributed by atoms with Gasteiger partial charge in [-0.05, 0) is 60.4 Å². The summed E-state index contributed by atoms with van der Waals surface area (Å²) in [7, 11) is 4.18. The number of Topliss-reactive ketones (excluding diaryl/α,β-unsaturated/α-hetero) is 1. The van der Waals surface area contributed by atoms with E-state index in [1.807, 2.05) is 0 Å². The van der Waals surface area contributed by atoms with Gasteiger partial charge in [0.05, 0.1) is 46.4 Å². The van der Waals surface area contributed by atoms with Gasteiger partial charge in [-0.25, -0.2) is 0 Å². The number of hydrogen-bond donors (Lipinski definition) is 4. The summed E-state index contributed by atoms with van der Waals surface area (Å²) in [5.74, 6) is -2.63. The molecular weight excluding hydrogens is 520 g/mol. The highest BCUT2D eigenvalue weighted by molar-refractivity contribution is 6.02. The summed E-state index contributed by atoms with van der Waals surface area (Å²) < 4.78 is 21.0. The monoisotopic (exact) mass is 552 g/mol. The van der Waals surface area contributed by atoms with Crippen molar-refractivity contribution in [3.63, 3.8) is 0 Å². The zero-order chi connectivity index (χ0) is 29.0. The van der Waals surface area contributed by atoms with Crippen LogP contribution in [0.2, 0.25) is 0 Å². The molecule has 3 aromatic carbocycles. The highest BCUT2D eigenvalue weighted by atomic mass is 16.5. The van der Waals surface area contributed by atoms with Crippen LogP contribution in [0.25, 0.3) is 0 Å². The van der Waals surface area contributed by atoms with E-state index in [1.54, 1.807) is 24.3 Å². The number of hydrogen-bond acceptors (Lipinski definition) is 10. The molecule has 4 N–H and O–H groups in total. The standard InChI is InChI=1S/C30H32O10/c1-37-25-11-16(4-6-23(25)32)8-19-15-40-30(36)20(19)9-17-10-21(29(35)27(12-17)39-3)22(14-31)28(34)18-5-7-24(33)26(13-18)38-2/h4-7,10-13,19-20,22,31-33,35H,8-9,14-15H2,1-3H3/t19-,20+,22?/m0/s1. The van der Waals surface area contributed by atoms with Crippen LogP contribution in [0.5, 0.6) is 34.5 Å². The van der Waals surface area contributed by atoms with Crippen LogP contribution in [0.1, 0.15) is 33.0 Å². The van der Waals surface area contributed by atoms with Crippen LogP contribution in [-0.2, 0) is 22.4 Å². The summed E-state index contributed by atoms with van der Waals surface area (Å²) in [4.78, 5) is 26.1. The molecule has 0 radical (unpaired) electrons. The van der Waals surface area contributed by atoms with Crippen LogP contribution >= 0.6 is 0 Å². The Balaban J connectivity index is 1.64. The molecule has 0 amide bonds. The van der Waals surface area contributed by atoms with E-state index in [4.69, 9.17) is 18.9 Å². The first-order valence-corrected chi connectivity index (χ1v) is 12.6. The van der Waals surface area contributed by atoms with Crippen LogP contribution in [0.3, 0.4) is 0 Å². The number of ketones is 1. The number of carbonyl (C=O) groups is 2. The maximum absolute atomic E-state index is 13.4. The number of aliphatic hydroxyl groups is 1. The van der Waals surface area contributed by atoms with E-state index in [0.717, 1.165) is 5.56 Å². The third kappa shape index (κ3) is 5.76. The molecule has 40 heavy (non-hydrogen) atoms. The molecule has 0 saturated carbocycles. The minimum Gasteiger partial charge on any atom is -0.504 e. The molecule has 0 spiro atoms. The van der Waals surface area contributed by atoms with E-state index in [1.165, 1.54) is 45.6 Å². The van der Waals surface area contributed by atoms with Gasteiger partial charge < -0.3 is 39.4 Å². The Morgan fingerprint density at radius 3 is 2.15 bits per heavy atom. The quantitative estimate of drug-likeness (QED) is 0.206. The SMILES string of the molecule is COc1cc(C[C@H]2COC(=O)[C@@H]2Cc2cc(OC)c(O)c(C(CO)C(=O)c3ccc(O)c(OC)c3)c2)ccc1O. The number of rotatable bonds is 11. The minimum absolute atomic E-state index is 0.0176. The molecule has 4 rings (SSSR count). The Kier molecular flexibility index (Phi) is 8.69. The second kappa shape index (κ2) is 12.2. The van der Waals surface area contributed by atoms with Crippen molar-refractivity contribution in [3.8, 4) is 34.5 Å². The number of aliphatic hydroxyl groups excluding tert-OH is 1. The number of methoxy groups -OCH3 is 3. The number of cyclic esters (lactones) is 1. The number of carbonyl (C=O) groups excluding carboxylic acids is 2. The van der Waals surface area contributed by atoms with E-state index in [0.29, 0.717) is 17.7 Å². The molecule has 10 nitrogen and oxygen atoms in total. The zero-order valence-electron chi connectivity index (χ0n) is 22.4. The van der Waals surface area contributed by atoms with Gasteiger partial charge >= 0.3 is 5.97 Å². The topological polar surface area (TPSA) is 152 Å². The van der Waals surface area contributed by atoms with Crippen molar-refractivity contribution in [2.45, 2.75) is 18.8 Å². The smallest absolute Gasteiger partial charge is 0.309 e. The Bertz CT molecular complexity index is 1400. The molecule has 1 heterocycles. The van der Waals surface area contributed by atoms with Crippen LogP contribution in [0.15, 0.2) is 48.5 Å². The highest BCUT2D eigenvalue weighted by Crippen LogP contribution is 2.40. The first-order chi connectivity index (χ1) is 19.2. The molecule has 0 aromatic heterocycles. The predicted octanol–water partition coefficient (Wildman–Crippen LogP) is 3.36. The van der Waals surface area contributed by atoms with Gasteiger partial charge in [-0.2, -0.15) is 0 Å². The summed E-state index contributed by atoms with van der Waals surface area (Å²) >= 11 is 0. The van der Waals surface area contributed by atoms with Crippen LogP contribution < -0.4 is 14.2 Å². The second-order valence-corrected chi connectivity index (χ2v) is 9.63. The fourth-order valence-electron chi connectivity index (χ4n) is 5.04. The average Bonchev–Trinajstić information content (AvgIpc) is 3.29. The molecular formula is C30H32O10. The third-order valence-corrected chi connectivity index (χ3v) is 7.23. The Labute approximate surface area is 231 Å². The van der Waals surface area contributed by atoms with Gasteiger partial charge in [0, 0.05) is 17.0 Å². The third-order valence-electron chi connectivity index (χ3n) is 7.23. The number of ether oxygens (including phenoxy) is 4. The van der Waals surface area contributed by atoms with Gasteiger partial charge in [0.1, 0.15) is 0 Å². The fraction of sp³-hybridized carbons (Fsp3) is 0.333. The molecule has 0 aliphatic carbocycles. The molecule has 1 unspecified atom stereocenters. The van der Waals surface area contributed by atoms with Crippen molar-refractivity contribution >= 4 is 11.8 Å². The number of phenols is 3. The summed E-state index contributed by atoms with van der Waals surface area (Å²) in [5, 5.41) is 40.9. The van der Waals surface area contributed by atoms with Gasteiger partial charge in [-0.3, -0.25) is 9.59 Å². The van der Waals surface area contributed by atoms with E-state index in [2.05, 4.69) is 0 Å². The second-order valence-electron chi connectivity index (χ2n) is 9.63. The lowest BCUT2D eigenvalue weighted by Gasteiger charge is -2.21. The Morgan fingerprint density at radius 2 is 1.50 bits per heavy atom. The molecule has 1 aliphatic heterocycles. The van der Waals surface area contributed by atoms with E-state index >= 15 is 0 Å². The molecule has 1 aliphatic rings. The summed E-state index contributed by atoms with van der Waals surface area (Å²) in [6.45, 7) is -0.395. The maximum atomic E-state index is 13.4. The van der Waals surface area contributed by atoms with Crippen molar-refractivity contribution in [2.75, 3.05) is 34.5 Å². The predicted molar refractivity (Wildman–Crippen MR) is 143 cm³/mol. The van der Waals surface area contributed by atoms with Gasteiger partial charge in [-0.15, -0.1) is 0 Å². The summed E-state index contributed by atoms with van der Waals surface area (Å²) in [6, 6.07) is 12.3. The molecule has 1 fully saturated rings. The van der Waals surface area contributed by atoms with Crippen molar-refractivity contribution in [2.24, 2.45) is 11.8 Å². The zero-order valence-corrected chi connectivity index (χ0v) is 22.4. The number of aromatic hydroxyl groups is 3. The van der Waals surface area contributed by atoms with E-state index < -0.39 is 24.2 Å². The molecule has 0 bridgehead atoms. The van der Waals surface area contributed by atoms with Gasteiger partial charge in [0.2, 0.25) is 0 Å². The lowest BCUT2D eigenvalue weighted by molar-refractivity contribution is -0.141. The van der Waals surface area contributed by atoms with Crippen molar-refractivity contribution in [1.29, 1.82) is 0 Å². The molecule has 3 aromatic rings. The Morgan fingerprint density at radius 1 is 0.875 bits per heavy atom. The number of esters is 1. The first-order valence-electron chi connectivity index (χ1n) is 12.6. The molecule has 10 heteroatoms. The van der Waals surface area contributed by atoms with Crippen molar-refractivity contribution < 1.29 is 49.0 Å². The summed E-state index contributed by atoms with van der Waals surface area (Å²) in [5.41, 5.74) is 1.78. The molecule has 212 valence electrons. The largest absolute Gasteiger partial charge is 0.504 e. The van der Waals surface area contributed by atoms with Crippen molar-refractivity contribution in [1.82, 2.24) is 0 Å². The average molecular weight is 553 g/mol.